The summed E-state index contributed by atoms with van der Waals surface area (Å²) in [4.78, 5) is 0. The van der Waals surface area contributed by atoms with E-state index in [1.165, 1.54) is 18.4 Å². The van der Waals surface area contributed by atoms with Crippen LogP contribution in [0.1, 0.15) is 30.7 Å². The van der Waals surface area contributed by atoms with E-state index in [9.17, 15) is 0 Å². The highest BCUT2D eigenvalue weighted by Gasteiger charge is 2.19. The number of fused-ring (bicyclic) bond motifs is 1. The molecule has 1 saturated heterocycles. The van der Waals surface area contributed by atoms with Gasteiger partial charge in [-0.3, -0.25) is 4.68 Å². The number of rotatable bonds is 2. The molecule has 120 valence electrons. The molecule has 1 unspecified atom stereocenters. The van der Waals surface area contributed by atoms with Gasteiger partial charge < -0.3 is 5.32 Å². The van der Waals surface area contributed by atoms with Gasteiger partial charge in [0.05, 0.1) is 24.1 Å². The van der Waals surface area contributed by atoms with Crippen LogP contribution in [0.15, 0.2) is 30.7 Å². The lowest BCUT2D eigenvalue weighted by Crippen LogP contribution is -2.13. The Kier molecular flexibility index (Phi) is 3.83. The second-order valence-corrected chi connectivity index (χ2v) is 6.65. The summed E-state index contributed by atoms with van der Waals surface area (Å²) in [5.41, 5.74) is 3.31. The molecule has 1 N–H and O–H groups in total. The maximum absolute atomic E-state index is 6.58. The van der Waals surface area contributed by atoms with E-state index in [1.54, 1.807) is 4.68 Å². The normalized spacial score (nSPS) is 19.1. The number of hydrogen-bond donors (Lipinski definition) is 1. The highest BCUT2D eigenvalue weighted by molar-refractivity contribution is 6.32. The summed E-state index contributed by atoms with van der Waals surface area (Å²) in [6.07, 6.45) is 9.17. The van der Waals surface area contributed by atoms with Crippen LogP contribution >= 0.6 is 11.6 Å². The summed E-state index contributed by atoms with van der Waals surface area (Å²) in [7, 11) is 1.91. The molecule has 1 fully saturated rings. The number of aryl methyl sites for hydroxylation is 1. The van der Waals surface area contributed by atoms with Gasteiger partial charge in [0.1, 0.15) is 5.69 Å². The van der Waals surface area contributed by atoms with E-state index in [-0.39, 0.29) is 0 Å². The molecular formula is C17H20ClN5. The Hall–Kier alpha value is -1.85. The number of nitrogens with one attached hydrogen (secondary N) is 1. The van der Waals surface area contributed by atoms with Crippen molar-refractivity contribution in [2.24, 2.45) is 7.05 Å². The van der Waals surface area contributed by atoms with Crippen LogP contribution in [0.3, 0.4) is 0 Å². The third kappa shape index (κ3) is 2.75. The lowest BCUT2D eigenvalue weighted by molar-refractivity contribution is 0.610. The van der Waals surface area contributed by atoms with Crippen LogP contribution in [0.25, 0.3) is 16.6 Å². The molecular weight excluding hydrogens is 310 g/mol. The topological polar surface area (TPSA) is 47.7 Å². The molecule has 1 aliphatic heterocycles. The van der Waals surface area contributed by atoms with E-state index in [1.807, 2.05) is 36.4 Å². The SMILES string of the molecule is Cn1cc(-n2ncc3cc(Cl)c(C4CCCNCC4)cc32)cn1. The van der Waals surface area contributed by atoms with Crippen molar-refractivity contribution in [1.82, 2.24) is 24.9 Å². The van der Waals surface area contributed by atoms with E-state index in [2.05, 4.69) is 21.6 Å². The Morgan fingerprint density at radius 3 is 2.91 bits per heavy atom. The van der Waals surface area contributed by atoms with Crippen molar-refractivity contribution in [1.29, 1.82) is 0 Å². The van der Waals surface area contributed by atoms with Gasteiger partial charge >= 0.3 is 0 Å². The highest BCUT2D eigenvalue weighted by Crippen LogP contribution is 2.35. The maximum atomic E-state index is 6.58. The van der Waals surface area contributed by atoms with E-state index in [4.69, 9.17) is 11.6 Å². The molecule has 1 aromatic carbocycles. The molecule has 0 saturated carbocycles. The van der Waals surface area contributed by atoms with Crippen molar-refractivity contribution >= 4 is 22.5 Å². The number of nitrogens with zero attached hydrogens (tertiary/aromatic N) is 4. The average molecular weight is 330 g/mol. The molecule has 3 aromatic rings. The molecule has 0 spiro atoms. The Labute approximate surface area is 140 Å². The lowest BCUT2D eigenvalue weighted by Gasteiger charge is -2.16. The first-order valence-corrected chi connectivity index (χ1v) is 8.47. The first-order chi connectivity index (χ1) is 11.2. The van der Waals surface area contributed by atoms with Gasteiger partial charge in [0.15, 0.2) is 0 Å². The molecule has 1 aliphatic rings. The first kappa shape index (κ1) is 14.7. The van der Waals surface area contributed by atoms with Crippen LogP contribution in [-0.2, 0) is 7.05 Å². The first-order valence-electron chi connectivity index (χ1n) is 8.09. The maximum Gasteiger partial charge on any atom is 0.103 e. The zero-order valence-corrected chi connectivity index (χ0v) is 13.9. The fourth-order valence-corrected chi connectivity index (χ4v) is 3.76. The molecule has 0 radical (unpaired) electrons. The molecule has 6 heteroatoms. The summed E-state index contributed by atoms with van der Waals surface area (Å²) in [6, 6.07) is 4.26. The van der Waals surface area contributed by atoms with Crippen molar-refractivity contribution in [3.63, 3.8) is 0 Å². The quantitative estimate of drug-likeness (QED) is 0.785. The zero-order chi connectivity index (χ0) is 15.8. The number of aromatic nitrogens is 4. The fourth-order valence-electron chi connectivity index (χ4n) is 3.43. The third-order valence-corrected chi connectivity index (χ3v) is 4.97. The van der Waals surface area contributed by atoms with E-state index < -0.39 is 0 Å². The largest absolute Gasteiger partial charge is 0.317 e. The van der Waals surface area contributed by atoms with Crippen LogP contribution in [0.4, 0.5) is 0 Å². The predicted molar refractivity (Wildman–Crippen MR) is 92.3 cm³/mol. The Morgan fingerprint density at radius 2 is 2.09 bits per heavy atom. The van der Waals surface area contributed by atoms with Crippen LogP contribution in [0.2, 0.25) is 5.02 Å². The average Bonchev–Trinajstić information content (AvgIpc) is 3.03. The van der Waals surface area contributed by atoms with E-state index in [0.29, 0.717) is 5.92 Å². The van der Waals surface area contributed by atoms with Crippen LogP contribution < -0.4 is 5.32 Å². The summed E-state index contributed by atoms with van der Waals surface area (Å²) >= 11 is 6.58. The van der Waals surface area contributed by atoms with Crippen molar-refractivity contribution in [2.45, 2.75) is 25.2 Å². The third-order valence-electron chi connectivity index (χ3n) is 4.64. The standard InChI is InChI=1S/C17H20ClN5/c1-22-11-14(10-20-22)23-17-8-15(12-3-2-5-19-6-4-12)16(18)7-13(17)9-21-23/h7-12,19H,2-6H2,1H3. The van der Waals surface area contributed by atoms with Gasteiger partial charge in [0.25, 0.3) is 0 Å². The molecule has 0 aliphatic carbocycles. The van der Waals surface area contributed by atoms with Gasteiger partial charge in [0.2, 0.25) is 0 Å². The molecule has 5 nitrogen and oxygen atoms in total. The van der Waals surface area contributed by atoms with Crippen LogP contribution in [0.5, 0.6) is 0 Å². The summed E-state index contributed by atoms with van der Waals surface area (Å²) < 4.78 is 3.73. The summed E-state index contributed by atoms with van der Waals surface area (Å²) in [6.45, 7) is 2.16. The number of hydrogen-bond acceptors (Lipinski definition) is 3. The van der Waals surface area contributed by atoms with Gasteiger partial charge in [-0.1, -0.05) is 11.6 Å². The van der Waals surface area contributed by atoms with Crippen LogP contribution in [0, 0.1) is 0 Å². The van der Waals surface area contributed by atoms with Crippen molar-refractivity contribution in [3.05, 3.63) is 41.3 Å². The molecule has 23 heavy (non-hydrogen) atoms. The lowest BCUT2D eigenvalue weighted by atomic mass is 9.91. The van der Waals surface area contributed by atoms with Gasteiger partial charge in [-0.15, -0.1) is 0 Å². The van der Waals surface area contributed by atoms with Crippen molar-refractivity contribution in [3.8, 4) is 5.69 Å². The van der Waals surface area contributed by atoms with E-state index >= 15 is 0 Å². The minimum Gasteiger partial charge on any atom is -0.317 e. The molecule has 0 amide bonds. The zero-order valence-electron chi connectivity index (χ0n) is 13.2. The molecule has 3 heterocycles. The second kappa shape index (κ2) is 5.98. The number of benzene rings is 1. The Morgan fingerprint density at radius 1 is 1.17 bits per heavy atom. The van der Waals surface area contributed by atoms with Crippen LogP contribution in [-0.4, -0.2) is 32.7 Å². The molecule has 4 rings (SSSR count). The van der Waals surface area contributed by atoms with Gasteiger partial charge in [0, 0.05) is 17.5 Å². The highest BCUT2D eigenvalue weighted by atomic mass is 35.5. The van der Waals surface area contributed by atoms with E-state index in [0.717, 1.165) is 41.1 Å². The van der Waals surface area contributed by atoms with Crippen molar-refractivity contribution < 1.29 is 0 Å². The minimum absolute atomic E-state index is 0.513. The summed E-state index contributed by atoms with van der Waals surface area (Å²) in [5, 5.41) is 14.1. The monoisotopic (exact) mass is 329 g/mol. The number of halogens is 1. The smallest absolute Gasteiger partial charge is 0.103 e. The van der Waals surface area contributed by atoms with Gasteiger partial charge in [-0.2, -0.15) is 10.2 Å². The van der Waals surface area contributed by atoms with Gasteiger partial charge in [-0.25, -0.2) is 4.68 Å². The predicted octanol–water partition coefficient (Wildman–Crippen LogP) is 3.27. The summed E-state index contributed by atoms with van der Waals surface area (Å²) in [5.74, 6) is 0.513. The van der Waals surface area contributed by atoms with Crippen molar-refractivity contribution in [2.75, 3.05) is 13.1 Å². The Balaban J connectivity index is 1.81. The molecule has 2 aromatic heterocycles. The Bertz CT molecular complexity index is 827. The molecule has 0 bridgehead atoms. The molecule has 1 atom stereocenters. The minimum atomic E-state index is 0.513. The fraction of sp³-hybridized carbons (Fsp3) is 0.412. The second-order valence-electron chi connectivity index (χ2n) is 6.24. The van der Waals surface area contributed by atoms with Gasteiger partial charge in [-0.05, 0) is 56.0 Å².